The highest BCUT2D eigenvalue weighted by Gasteiger charge is 2.23. The lowest BCUT2D eigenvalue weighted by atomic mass is 10.1. The molecule has 3 aromatic carbocycles. The zero-order valence-electron chi connectivity index (χ0n) is 21.8. The molecular formula is C28H27N5O5S. The molecule has 0 unspecified atom stereocenters. The number of hydrogen-bond donors (Lipinski definition) is 2. The van der Waals surface area contributed by atoms with Crippen molar-refractivity contribution in [2.45, 2.75) is 5.16 Å². The number of nitrogens with zero attached hydrogens (tertiary/aromatic N) is 3. The lowest BCUT2D eigenvalue weighted by molar-refractivity contribution is -0.113. The number of aromatic nitrogens is 4. The number of carbonyl (C=O) groups is 1. The van der Waals surface area contributed by atoms with Gasteiger partial charge in [-0.05, 0) is 30.3 Å². The van der Waals surface area contributed by atoms with Crippen LogP contribution in [0.25, 0.3) is 28.0 Å². The van der Waals surface area contributed by atoms with Crippen LogP contribution in [-0.2, 0) is 4.79 Å². The topological polar surface area (TPSA) is 113 Å². The average Bonchev–Trinajstić information content (AvgIpc) is 3.59. The molecule has 0 radical (unpaired) electrons. The summed E-state index contributed by atoms with van der Waals surface area (Å²) >= 11 is 1.25. The Morgan fingerprint density at radius 1 is 0.897 bits per heavy atom. The Balaban J connectivity index is 1.51. The van der Waals surface area contributed by atoms with Crippen molar-refractivity contribution in [1.82, 2.24) is 19.7 Å². The fraction of sp³-hybridized carbons (Fsp3) is 0.179. The first-order valence-corrected chi connectivity index (χ1v) is 12.9. The molecule has 2 N–H and O–H groups in total. The van der Waals surface area contributed by atoms with Crippen molar-refractivity contribution in [3.05, 3.63) is 66.9 Å². The minimum absolute atomic E-state index is 0.0769. The molecule has 0 saturated heterocycles. The standard InChI is InChI=1S/C28H27N5O5S/c1-35-17-10-12-24(37-3)23(13-17)33-27(20-15-29-21-8-6-5-7-19(20)21)31-32-28(33)39-16-26(34)30-22-11-9-18(36-2)14-25(22)38-4/h5-15,29H,16H2,1-4H3,(H,30,34). The van der Waals surface area contributed by atoms with Gasteiger partial charge in [0, 0.05) is 34.8 Å². The van der Waals surface area contributed by atoms with E-state index in [1.54, 1.807) is 39.5 Å². The number of ether oxygens (including phenoxy) is 4. The molecule has 1 amide bonds. The fourth-order valence-electron chi connectivity index (χ4n) is 4.20. The second kappa shape index (κ2) is 11.4. The summed E-state index contributed by atoms with van der Waals surface area (Å²) in [6, 6.07) is 18.7. The van der Waals surface area contributed by atoms with E-state index in [-0.39, 0.29) is 11.7 Å². The lowest BCUT2D eigenvalue weighted by Crippen LogP contribution is -2.15. The molecule has 0 fully saturated rings. The molecule has 0 aliphatic carbocycles. The van der Waals surface area contributed by atoms with Crippen LogP contribution in [-0.4, -0.2) is 59.8 Å². The molecule has 39 heavy (non-hydrogen) atoms. The van der Waals surface area contributed by atoms with Crippen LogP contribution in [0.15, 0.2) is 72.0 Å². The van der Waals surface area contributed by atoms with Gasteiger partial charge in [-0.3, -0.25) is 9.36 Å². The second-order valence-electron chi connectivity index (χ2n) is 8.33. The van der Waals surface area contributed by atoms with Crippen LogP contribution in [0.3, 0.4) is 0 Å². The first-order valence-electron chi connectivity index (χ1n) is 11.9. The molecule has 10 nitrogen and oxygen atoms in total. The number of H-pyrrole nitrogens is 1. The summed E-state index contributed by atoms with van der Waals surface area (Å²) in [7, 11) is 6.31. The van der Waals surface area contributed by atoms with E-state index < -0.39 is 0 Å². The Hall–Kier alpha value is -4.64. The Kier molecular flexibility index (Phi) is 7.60. The third kappa shape index (κ3) is 5.21. The molecule has 0 atom stereocenters. The van der Waals surface area contributed by atoms with E-state index in [1.165, 1.54) is 18.9 Å². The van der Waals surface area contributed by atoms with Crippen molar-refractivity contribution in [2.24, 2.45) is 0 Å². The number of fused-ring (bicyclic) bond motifs is 1. The van der Waals surface area contributed by atoms with Crippen LogP contribution in [0, 0.1) is 0 Å². The zero-order valence-corrected chi connectivity index (χ0v) is 22.7. The van der Waals surface area contributed by atoms with Gasteiger partial charge in [0.05, 0.1) is 45.6 Å². The summed E-state index contributed by atoms with van der Waals surface area (Å²) < 4.78 is 23.7. The van der Waals surface area contributed by atoms with Crippen LogP contribution >= 0.6 is 11.8 Å². The molecule has 0 spiro atoms. The monoisotopic (exact) mass is 545 g/mol. The molecule has 2 aromatic heterocycles. The zero-order chi connectivity index (χ0) is 27.4. The van der Waals surface area contributed by atoms with Gasteiger partial charge in [0.2, 0.25) is 5.91 Å². The quantitative estimate of drug-likeness (QED) is 0.231. The van der Waals surface area contributed by atoms with Crippen molar-refractivity contribution < 1.29 is 23.7 Å². The van der Waals surface area contributed by atoms with Gasteiger partial charge in [-0.25, -0.2) is 0 Å². The van der Waals surface area contributed by atoms with Gasteiger partial charge in [0.25, 0.3) is 0 Å². The highest BCUT2D eigenvalue weighted by atomic mass is 32.2. The lowest BCUT2D eigenvalue weighted by Gasteiger charge is -2.15. The predicted molar refractivity (Wildman–Crippen MR) is 151 cm³/mol. The van der Waals surface area contributed by atoms with Crippen molar-refractivity contribution in [2.75, 3.05) is 39.5 Å². The number of amides is 1. The molecule has 5 aromatic rings. The molecule has 0 aliphatic rings. The number of anilines is 1. The number of nitrogens with one attached hydrogen (secondary N) is 2. The van der Waals surface area contributed by atoms with Gasteiger partial charge in [-0.15, -0.1) is 10.2 Å². The van der Waals surface area contributed by atoms with Crippen molar-refractivity contribution in [3.8, 4) is 40.1 Å². The number of aromatic amines is 1. The van der Waals surface area contributed by atoms with Gasteiger partial charge >= 0.3 is 0 Å². The van der Waals surface area contributed by atoms with Gasteiger partial charge in [0.1, 0.15) is 23.0 Å². The molecule has 11 heteroatoms. The molecule has 0 bridgehead atoms. The number of rotatable bonds is 10. The summed E-state index contributed by atoms with van der Waals surface area (Å²) in [6.07, 6.45) is 1.90. The van der Waals surface area contributed by atoms with Crippen molar-refractivity contribution in [3.63, 3.8) is 0 Å². The number of para-hydroxylation sites is 1. The highest BCUT2D eigenvalue weighted by molar-refractivity contribution is 7.99. The maximum absolute atomic E-state index is 13.0. The average molecular weight is 546 g/mol. The fourth-order valence-corrected chi connectivity index (χ4v) is 4.95. The first-order chi connectivity index (χ1) is 19.1. The van der Waals surface area contributed by atoms with E-state index in [0.29, 0.717) is 45.4 Å². The summed E-state index contributed by atoms with van der Waals surface area (Å²) in [5.41, 5.74) is 3.06. The summed E-state index contributed by atoms with van der Waals surface area (Å²) in [4.78, 5) is 16.3. The van der Waals surface area contributed by atoms with E-state index in [1.807, 2.05) is 53.2 Å². The van der Waals surface area contributed by atoms with Crippen molar-refractivity contribution >= 4 is 34.3 Å². The molecule has 0 saturated carbocycles. The molecule has 5 rings (SSSR count). The minimum Gasteiger partial charge on any atom is -0.497 e. The SMILES string of the molecule is COc1ccc(NC(=O)CSc2nnc(-c3c[nH]c4ccccc34)n2-c2cc(OC)ccc2OC)c(OC)c1. The van der Waals surface area contributed by atoms with Gasteiger partial charge < -0.3 is 29.2 Å². The maximum atomic E-state index is 13.0. The molecule has 0 aliphatic heterocycles. The van der Waals surface area contributed by atoms with Crippen LogP contribution < -0.4 is 24.3 Å². The molecule has 200 valence electrons. The molecule has 2 heterocycles. The Morgan fingerprint density at radius 2 is 1.64 bits per heavy atom. The van der Waals surface area contributed by atoms with E-state index in [9.17, 15) is 4.79 Å². The number of benzene rings is 3. The second-order valence-corrected chi connectivity index (χ2v) is 9.27. The van der Waals surface area contributed by atoms with E-state index in [2.05, 4.69) is 20.5 Å². The minimum atomic E-state index is -0.232. The van der Waals surface area contributed by atoms with Gasteiger partial charge in [-0.2, -0.15) is 0 Å². The summed E-state index contributed by atoms with van der Waals surface area (Å²) in [6.45, 7) is 0. The Bertz CT molecular complexity index is 1630. The highest BCUT2D eigenvalue weighted by Crippen LogP contribution is 2.37. The largest absolute Gasteiger partial charge is 0.497 e. The van der Waals surface area contributed by atoms with Crippen LogP contribution in [0.4, 0.5) is 5.69 Å². The molecular weight excluding hydrogens is 518 g/mol. The van der Waals surface area contributed by atoms with E-state index in [4.69, 9.17) is 18.9 Å². The normalized spacial score (nSPS) is 10.9. The maximum Gasteiger partial charge on any atom is 0.234 e. The smallest absolute Gasteiger partial charge is 0.234 e. The van der Waals surface area contributed by atoms with Crippen LogP contribution in [0.5, 0.6) is 23.0 Å². The van der Waals surface area contributed by atoms with Crippen LogP contribution in [0.2, 0.25) is 0 Å². The Labute approximate surface area is 229 Å². The Morgan fingerprint density at radius 3 is 2.41 bits per heavy atom. The number of hydrogen-bond acceptors (Lipinski definition) is 8. The van der Waals surface area contributed by atoms with E-state index in [0.717, 1.165) is 16.5 Å². The first kappa shape index (κ1) is 26.0. The number of methoxy groups -OCH3 is 4. The van der Waals surface area contributed by atoms with Crippen molar-refractivity contribution in [1.29, 1.82) is 0 Å². The summed E-state index contributed by atoms with van der Waals surface area (Å²) in [5, 5.41) is 13.4. The van der Waals surface area contributed by atoms with E-state index >= 15 is 0 Å². The van der Waals surface area contributed by atoms with Gasteiger partial charge in [-0.1, -0.05) is 30.0 Å². The third-order valence-corrected chi connectivity index (χ3v) is 7.03. The van der Waals surface area contributed by atoms with Crippen LogP contribution in [0.1, 0.15) is 0 Å². The van der Waals surface area contributed by atoms with Gasteiger partial charge in [0.15, 0.2) is 11.0 Å². The third-order valence-electron chi connectivity index (χ3n) is 6.11. The number of thioether (sulfide) groups is 1. The predicted octanol–water partition coefficient (Wildman–Crippen LogP) is 5.18. The number of carbonyl (C=O) groups excluding carboxylic acids is 1. The summed E-state index contributed by atoms with van der Waals surface area (Å²) in [5.74, 6) is 2.81.